The van der Waals surface area contributed by atoms with E-state index >= 15 is 0 Å². The van der Waals surface area contributed by atoms with Crippen LogP contribution in [-0.4, -0.2) is 24.5 Å². The second kappa shape index (κ2) is 6.06. The van der Waals surface area contributed by atoms with E-state index in [1.807, 2.05) is 30.3 Å². The lowest BCUT2D eigenvalue weighted by atomic mass is 10.0. The van der Waals surface area contributed by atoms with Gasteiger partial charge in [0.2, 0.25) is 0 Å². The van der Waals surface area contributed by atoms with Gasteiger partial charge in [-0.15, -0.1) is 0 Å². The Bertz CT molecular complexity index is 421. The van der Waals surface area contributed by atoms with Gasteiger partial charge in [-0.05, 0) is 18.4 Å². The summed E-state index contributed by atoms with van der Waals surface area (Å²) >= 11 is 0. The first-order chi connectivity index (χ1) is 9.05. The Kier molecular flexibility index (Phi) is 4.42. The summed E-state index contributed by atoms with van der Waals surface area (Å²) in [5, 5.41) is 6.30. The molecule has 2 rings (SSSR count). The quantitative estimate of drug-likeness (QED) is 0.858. The summed E-state index contributed by atoms with van der Waals surface area (Å²) in [6, 6.07) is 8.06. The number of piperidine rings is 1. The largest absolute Gasteiger partial charge is 0.403 e. The van der Waals surface area contributed by atoms with Gasteiger partial charge in [0.25, 0.3) is 0 Å². The Morgan fingerprint density at radius 1 is 1.26 bits per heavy atom. The molecule has 0 aromatic heterocycles. The molecule has 1 atom stereocenters. The first-order valence-corrected chi connectivity index (χ1v) is 6.07. The number of rotatable bonds is 3. The predicted molar refractivity (Wildman–Crippen MR) is 65.7 cm³/mol. The number of hydrogen-bond acceptors (Lipinski definition) is 3. The van der Waals surface area contributed by atoms with Crippen molar-refractivity contribution in [3.8, 4) is 0 Å². The van der Waals surface area contributed by atoms with Crippen LogP contribution in [0.3, 0.4) is 0 Å². The van der Waals surface area contributed by atoms with Crippen molar-refractivity contribution in [3.63, 3.8) is 0 Å². The van der Waals surface area contributed by atoms with Gasteiger partial charge in [0.05, 0.1) is 5.71 Å². The zero-order valence-electron chi connectivity index (χ0n) is 10.3. The second-order valence-corrected chi connectivity index (χ2v) is 4.43. The lowest BCUT2D eigenvalue weighted by Crippen LogP contribution is -2.48. The second-order valence-electron chi connectivity index (χ2n) is 4.43. The lowest BCUT2D eigenvalue weighted by molar-refractivity contribution is -0.157. The number of nitrogens with one attached hydrogen (secondary N) is 1. The Hall–Kier alpha value is -1.56. The van der Waals surface area contributed by atoms with Crippen molar-refractivity contribution in [2.75, 3.05) is 6.54 Å². The van der Waals surface area contributed by atoms with Crippen molar-refractivity contribution in [3.05, 3.63) is 35.9 Å². The van der Waals surface area contributed by atoms with Gasteiger partial charge in [-0.3, -0.25) is 0 Å². The zero-order valence-corrected chi connectivity index (χ0v) is 10.3. The van der Waals surface area contributed by atoms with E-state index in [-0.39, 0.29) is 13.0 Å². The summed E-state index contributed by atoms with van der Waals surface area (Å²) in [5.41, 5.74) is 1.60. The van der Waals surface area contributed by atoms with Crippen molar-refractivity contribution in [1.29, 1.82) is 0 Å². The van der Waals surface area contributed by atoms with Crippen molar-refractivity contribution < 1.29 is 18.0 Å². The predicted octanol–water partition coefficient (Wildman–Crippen LogP) is 2.87. The van der Waals surface area contributed by atoms with Crippen LogP contribution in [0.15, 0.2) is 35.5 Å². The zero-order chi connectivity index (χ0) is 13.7. The highest BCUT2D eigenvalue weighted by molar-refractivity contribution is 5.86. The first-order valence-electron chi connectivity index (χ1n) is 6.07. The van der Waals surface area contributed by atoms with Crippen LogP contribution < -0.4 is 5.32 Å². The third-order valence-electron chi connectivity index (χ3n) is 2.94. The maximum Gasteiger partial charge on any atom is 0.403 e. The minimum absolute atomic E-state index is 0.0109. The summed E-state index contributed by atoms with van der Waals surface area (Å²) in [6.45, 7) is 0.450. The average Bonchev–Trinajstić information content (AvgIpc) is 2.39. The number of alkyl halides is 3. The molecule has 1 heterocycles. The fraction of sp³-hybridized carbons (Fsp3) is 0.462. The standard InChI is InChI=1S/C13H15F3N2O/c14-13(15,16)12-7-6-11(8-17-12)18-19-9-10-4-2-1-3-5-10/h1-5,12,17H,6-9H2/b18-11-/t12-/m0/s1. The molecule has 1 aliphatic rings. The Morgan fingerprint density at radius 2 is 2.00 bits per heavy atom. The molecule has 19 heavy (non-hydrogen) atoms. The van der Waals surface area contributed by atoms with Gasteiger partial charge < -0.3 is 10.2 Å². The van der Waals surface area contributed by atoms with Crippen LogP contribution in [0.25, 0.3) is 0 Å². The molecule has 1 aromatic rings. The van der Waals surface area contributed by atoms with E-state index in [0.29, 0.717) is 18.7 Å². The monoisotopic (exact) mass is 272 g/mol. The van der Waals surface area contributed by atoms with E-state index < -0.39 is 12.2 Å². The molecule has 1 aliphatic heterocycles. The summed E-state index contributed by atoms with van der Waals surface area (Å²) in [4.78, 5) is 5.15. The molecule has 1 N–H and O–H groups in total. The molecule has 1 saturated heterocycles. The lowest BCUT2D eigenvalue weighted by Gasteiger charge is -2.26. The highest BCUT2D eigenvalue weighted by Crippen LogP contribution is 2.25. The van der Waals surface area contributed by atoms with Gasteiger partial charge in [-0.1, -0.05) is 35.5 Å². The Balaban J connectivity index is 1.77. The summed E-state index contributed by atoms with van der Waals surface area (Å²) in [7, 11) is 0. The van der Waals surface area contributed by atoms with Crippen molar-refractivity contribution in [2.45, 2.75) is 31.7 Å². The third kappa shape index (κ3) is 4.24. The molecule has 0 aliphatic carbocycles. The molecule has 3 nitrogen and oxygen atoms in total. The molecule has 0 spiro atoms. The van der Waals surface area contributed by atoms with Crippen LogP contribution in [0.1, 0.15) is 18.4 Å². The molecule has 0 saturated carbocycles. The van der Waals surface area contributed by atoms with Crippen LogP contribution in [0.2, 0.25) is 0 Å². The Morgan fingerprint density at radius 3 is 2.58 bits per heavy atom. The molecule has 104 valence electrons. The summed E-state index contributed by atoms with van der Waals surface area (Å²) < 4.78 is 37.2. The van der Waals surface area contributed by atoms with Gasteiger partial charge in [0.1, 0.15) is 12.6 Å². The number of hydrogen-bond donors (Lipinski definition) is 1. The maximum atomic E-state index is 12.4. The topological polar surface area (TPSA) is 33.6 Å². The summed E-state index contributed by atoms with van der Waals surface area (Å²) in [6.07, 6.45) is -3.86. The van der Waals surface area contributed by atoms with E-state index in [2.05, 4.69) is 10.5 Å². The van der Waals surface area contributed by atoms with E-state index in [1.54, 1.807) is 0 Å². The third-order valence-corrected chi connectivity index (χ3v) is 2.94. The number of halogens is 3. The van der Waals surface area contributed by atoms with Crippen LogP contribution in [0, 0.1) is 0 Å². The van der Waals surface area contributed by atoms with Crippen LogP contribution in [0.5, 0.6) is 0 Å². The molecular formula is C13H15F3N2O. The van der Waals surface area contributed by atoms with Crippen LogP contribution >= 0.6 is 0 Å². The number of nitrogens with zero attached hydrogens (tertiary/aromatic N) is 1. The molecule has 0 bridgehead atoms. The molecule has 1 aromatic carbocycles. The van der Waals surface area contributed by atoms with Gasteiger partial charge >= 0.3 is 6.18 Å². The van der Waals surface area contributed by atoms with Crippen molar-refractivity contribution in [1.82, 2.24) is 5.32 Å². The minimum atomic E-state index is -4.18. The molecule has 0 unspecified atom stereocenters. The van der Waals surface area contributed by atoms with E-state index in [9.17, 15) is 13.2 Å². The Labute approximate surface area is 109 Å². The molecule has 1 fully saturated rings. The fourth-order valence-corrected chi connectivity index (χ4v) is 1.87. The SMILES string of the molecule is FC(F)(F)[C@@H]1CC/C(=N/OCc2ccccc2)CN1. The molecular weight excluding hydrogens is 257 g/mol. The van der Waals surface area contributed by atoms with E-state index in [4.69, 9.17) is 4.84 Å². The molecule has 6 heteroatoms. The summed E-state index contributed by atoms with van der Waals surface area (Å²) in [5.74, 6) is 0. The van der Waals surface area contributed by atoms with Gasteiger partial charge in [-0.25, -0.2) is 0 Å². The van der Waals surface area contributed by atoms with Gasteiger partial charge in [-0.2, -0.15) is 13.2 Å². The first kappa shape index (κ1) is 13.9. The highest BCUT2D eigenvalue weighted by atomic mass is 19.4. The molecule has 0 radical (unpaired) electrons. The number of oxime groups is 1. The van der Waals surface area contributed by atoms with Gasteiger partial charge in [0, 0.05) is 6.54 Å². The van der Waals surface area contributed by atoms with Crippen LogP contribution in [0.4, 0.5) is 13.2 Å². The average molecular weight is 272 g/mol. The normalized spacial score (nSPS) is 22.5. The number of benzene rings is 1. The van der Waals surface area contributed by atoms with E-state index in [1.165, 1.54) is 0 Å². The smallest absolute Gasteiger partial charge is 0.391 e. The minimum Gasteiger partial charge on any atom is -0.391 e. The van der Waals surface area contributed by atoms with Crippen LogP contribution in [-0.2, 0) is 11.4 Å². The highest BCUT2D eigenvalue weighted by Gasteiger charge is 2.40. The van der Waals surface area contributed by atoms with E-state index in [0.717, 1.165) is 5.56 Å². The van der Waals surface area contributed by atoms with Crippen molar-refractivity contribution in [2.24, 2.45) is 5.16 Å². The maximum absolute atomic E-state index is 12.4. The van der Waals surface area contributed by atoms with Gasteiger partial charge in [0.15, 0.2) is 0 Å². The van der Waals surface area contributed by atoms with Crippen molar-refractivity contribution >= 4 is 5.71 Å². The molecule has 0 amide bonds. The fourth-order valence-electron chi connectivity index (χ4n) is 1.87.